The largest absolute Gasteiger partial charge is 0.469 e. The Balaban J connectivity index is 2.14. The number of allylic oxidation sites excluding steroid dienone is 10. The molecule has 0 saturated carbocycles. The minimum atomic E-state index is -4.78. The van der Waals surface area contributed by atoms with Crippen molar-refractivity contribution in [1.82, 2.24) is 0 Å². The average Bonchev–Trinajstić information content (AvgIpc) is 3.88. The number of hydrogen-bond donors (Lipinski definition) is 2. The molecular weight excluding hydrogens is 691 g/mol. The molecule has 0 aliphatic carbocycles. The quantitative estimate of drug-likeness (QED) is 0.0213. The Bertz CT molecular complexity index is 1150. The number of carbonyl (C=O) groups excluding carboxylic acids is 2. The highest BCUT2D eigenvalue weighted by Crippen LogP contribution is 2.36. The van der Waals surface area contributed by atoms with Crippen LogP contribution in [0.5, 0.6) is 0 Å². The summed E-state index contributed by atoms with van der Waals surface area (Å²) in [7, 11) is -4.78. The number of esters is 2. The Kier molecular flexibility index (Phi) is 31.1. The molecule has 1 aliphatic heterocycles. The SMILES string of the molecule is CCCCC/C=C\C/C=C\C/C=C\CCCCCCC(=O)OC[C@H](COP(=O)(O)O)OC(=O)CCC/C=C\C/C=C\CC1OC1C/C=C\CCCCC. The first-order valence-electron chi connectivity index (χ1n) is 20.4. The summed E-state index contributed by atoms with van der Waals surface area (Å²) in [5, 5.41) is 0. The zero-order chi connectivity index (χ0) is 38.7. The van der Waals surface area contributed by atoms with Crippen LogP contribution in [0.1, 0.15) is 155 Å². The molecule has 2 unspecified atom stereocenters. The molecule has 302 valence electrons. The van der Waals surface area contributed by atoms with Crippen molar-refractivity contribution in [3.8, 4) is 0 Å². The zero-order valence-electron chi connectivity index (χ0n) is 32.8. The highest BCUT2D eigenvalue weighted by atomic mass is 31.2. The summed E-state index contributed by atoms with van der Waals surface area (Å²) in [6.07, 6.45) is 46.5. The maximum absolute atomic E-state index is 12.4. The lowest BCUT2D eigenvalue weighted by Gasteiger charge is -2.18. The topological polar surface area (TPSA) is 132 Å². The highest BCUT2D eigenvalue weighted by Gasteiger charge is 2.36. The van der Waals surface area contributed by atoms with E-state index in [0.717, 1.165) is 64.2 Å². The second-order valence-corrected chi connectivity index (χ2v) is 14.9. The number of ether oxygens (including phenoxy) is 3. The molecule has 0 bridgehead atoms. The molecule has 9 nitrogen and oxygen atoms in total. The smallest absolute Gasteiger partial charge is 0.462 e. The van der Waals surface area contributed by atoms with Crippen LogP contribution in [0, 0.1) is 0 Å². The van der Waals surface area contributed by atoms with Crippen LogP contribution in [0.4, 0.5) is 0 Å². The van der Waals surface area contributed by atoms with Gasteiger partial charge in [0.25, 0.3) is 0 Å². The lowest BCUT2D eigenvalue weighted by Crippen LogP contribution is -2.29. The first-order valence-corrected chi connectivity index (χ1v) is 21.9. The molecule has 1 rings (SSSR count). The Labute approximate surface area is 321 Å². The van der Waals surface area contributed by atoms with Gasteiger partial charge in [0, 0.05) is 12.8 Å². The van der Waals surface area contributed by atoms with Gasteiger partial charge in [-0.2, -0.15) is 0 Å². The summed E-state index contributed by atoms with van der Waals surface area (Å²) in [5.41, 5.74) is 0. The van der Waals surface area contributed by atoms with Crippen LogP contribution in [0.25, 0.3) is 0 Å². The summed E-state index contributed by atoms with van der Waals surface area (Å²) in [6.45, 7) is 3.54. The van der Waals surface area contributed by atoms with Gasteiger partial charge in [0.1, 0.15) is 6.61 Å². The van der Waals surface area contributed by atoms with Gasteiger partial charge in [-0.05, 0) is 89.9 Å². The second-order valence-electron chi connectivity index (χ2n) is 13.6. The Morgan fingerprint density at radius 1 is 0.585 bits per heavy atom. The summed E-state index contributed by atoms with van der Waals surface area (Å²) in [5.74, 6) is -0.988. The molecule has 1 fully saturated rings. The van der Waals surface area contributed by atoms with Crippen LogP contribution in [-0.2, 0) is 32.9 Å². The predicted octanol–water partition coefficient (Wildman–Crippen LogP) is 11.3. The van der Waals surface area contributed by atoms with Gasteiger partial charge >= 0.3 is 19.8 Å². The van der Waals surface area contributed by atoms with E-state index in [1.54, 1.807) is 0 Å². The Hall–Kier alpha value is -2.55. The second kappa shape index (κ2) is 34.0. The van der Waals surface area contributed by atoms with E-state index in [2.05, 4.69) is 85.2 Å². The van der Waals surface area contributed by atoms with E-state index in [-0.39, 0.29) is 19.4 Å². The molecule has 1 heterocycles. The van der Waals surface area contributed by atoms with Gasteiger partial charge in [0.2, 0.25) is 0 Å². The number of hydrogen-bond acceptors (Lipinski definition) is 7. The van der Waals surface area contributed by atoms with E-state index in [4.69, 9.17) is 24.0 Å². The van der Waals surface area contributed by atoms with E-state index < -0.39 is 32.5 Å². The number of phosphoric ester groups is 1. The van der Waals surface area contributed by atoms with Crippen molar-refractivity contribution in [2.75, 3.05) is 13.2 Å². The Morgan fingerprint density at radius 3 is 1.60 bits per heavy atom. The number of epoxide rings is 1. The van der Waals surface area contributed by atoms with E-state index >= 15 is 0 Å². The van der Waals surface area contributed by atoms with Crippen LogP contribution >= 0.6 is 7.82 Å². The third kappa shape index (κ3) is 33.7. The summed E-state index contributed by atoms with van der Waals surface area (Å²) in [4.78, 5) is 42.8. The molecule has 10 heteroatoms. The molecule has 2 N–H and O–H groups in total. The molecule has 0 amide bonds. The maximum atomic E-state index is 12.4. The van der Waals surface area contributed by atoms with Crippen molar-refractivity contribution >= 4 is 19.8 Å². The van der Waals surface area contributed by atoms with Crippen molar-refractivity contribution in [2.45, 2.75) is 173 Å². The lowest BCUT2D eigenvalue weighted by molar-refractivity contribution is -0.161. The normalized spacial score (nSPS) is 17.1. The lowest BCUT2D eigenvalue weighted by atomic mass is 10.1. The fourth-order valence-electron chi connectivity index (χ4n) is 5.41. The molecule has 3 atom stereocenters. The van der Waals surface area contributed by atoms with Crippen molar-refractivity contribution in [2.24, 2.45) is 0 Å². The minimum Gasteiger partial charge on any atom is -0.462 e. The third-order valence-corrected chi connectivity index (χ3v) is 9.09. The van der Waals surface area contributed by atoms with E-state index in [9.17, 15) is 14.2 Å². The number of unbranched alkanes of at least 4 members (excludes halogenated alkanes) is 11. The monoisotopic (exact) mass is 762 g/mol. The molecular formula is C43H71O9P. The van der Waals surface area contributed by atoms with Gasteiger partial charge in [-0.15, -0.1) is 0 Å². The standard InChI is InChI=1S/C43H71O9P/c1-3-5-7-9-11-12-13-14-15-16-17-18-19-20-23-27-31-35-42(44)49-37-39(38-50-53(46,47)48)51-43(45)36-32-28-24-21-22-26-30-34-41-40(52-41)33-29-25-10-8-6-4-2/h11-12,14-15,17-18,21,24-26,29-30,39-41H,3-10,13,16,19-20,22-23,27-28,31-38H2,1-2H3,(H2,46,47,48)/b12-11-,15-14-,18-17-,24-21-,29-25-,30-26-/t39-,40?,41?/m1/s1. The number of rotatable bonds is 35. The molecule has 0 aromatic carbocycles. The van der Waals surface area contributed by atoms with Gasteiger partial charge in [-0.3, -0.25) is 14.1 Å². The van der Waals surface area contributed by atoms with Crippen molar-refractivity contribution in [3.63, 3.8) is 0 Å². The van der Waals surface area contributed by atoms with Crippen LogP contribution in [-0.4, -0.2) is 53.3 Å². The van der Waals surface area contributed by atoms with Crippen LogP contribution < -0.4 is 0 Å². The third-order valence-electron chi connectivity index (χ3n) is 8.60. The van der Waals surface area contributed by atoms with Gasteiger partial charge in [0.15, 0.2) is 6.10 Å². The molecule has 0 aromatic rings. The first-order chi connectivity index (χ1) is 25.7. The van der Waals surface area contributed by atoms with Crippen molar-refractivity contribution in [1.29, 1.82) is 0 Å². The van der Waals surface area contributed by atoms with Crippen LogP contribution in [0.15, 0.2) is 72.9 Å². The summed E-state index contributed by atoms with van der Waals surface area (Å²) in [6, 6.07) is 0. The first kappa shape index (κ1) is 48.5. The minimum absolute atomic E-state index is 0.122. The van der Waals surface area contributed by atoms with E-state index in [1.807, 2.05) is 6.08 Å². The van der Waals surface area contributed by atoms with Crippen molar-refractivity contribution < 1.29 is 42.7 Å². The van der Waals surface area contributed by atoms with Gasteiger partial charge in [0.05, 0.1) is 18.8 Å². The van der Waals surface area contributed by atoms with Crippen LogP contribution in [0.3, 0.4) is 0 Å². The molecule has 53 heavy (non-hydrogen) atoms. The fourth-order valence-corrected chi connectivity index (χ4v) is 5.77. The van der Waals surface area contributed by atoms with E-state index in [1.165, 1.54) is 44.9 Å². The van der Waals surface area contributed by atoms with Crippen molar-refractivity contribution in [3.05, 3.63) is 72.9 Å². The number of carbonyl (C=O) groups is 2. The van der Waals surface area contributed by atoms with Crippen LogP contribution in [0.2, 0.25) is 0 Å². The molecule has 1 aliphatic rings. The van der Waals surface area contributed by atoms with E-state index in [0.29, 0.717) is 31.5 Å². The zero-order valence-corrected chi connectivity index (χ0v) is 33.7. The summed E-state index contributed by atoms with van der Waals surface area (Å²) >= 11 is 0. The predicted molar refractivity (Wildman–Crippen MR) is 215 cm³/mol. The number of phosphoric acid groups is 1. The fraction of sp³-hybridized carbons (Fsp3) is 0.674. The van der Waals surface area contributed by atoms with Gasteiger partial charge in [-0.25, -0.2) is 4.57 Å². The molecule has 0 radical (unpaired) electrons. The molecule has 0 spiro atoms. The molecule has 0 aromatic heterocycles. The van der Waals surface area contributed by atoms with Gasteiger partial charge in [-0.1, -0.05) is 125 Å². The van der Waals surface area contributed by atoms with Gasteiger partial charge < -0.3 is 24.0 Å². The summed E-state index contributed by atoms with van der Waals surface area (Å²) < 4.78 is 32.0. The average molecular weight is 763 g/mol. The highest BCUT2D eigenvalue weighted by molar-refractivity contribution is 7.46. The molecule has 1 saturated heterocycles. The Morgan fingerprint density at radius 2 is 1.04 bits per heavy atom. The maximum Gasteiger partial charge on any atom is 0.469 e.